The van der Waals surface area contributed by atoms with E-state index in [4.69, 9.17) is 14.5 Å². The van der Waals surface area contributed by atoms with Crippen molar-refractivity contribution in [2.24, 2.45) is 0 Å². The summed E-state index contributed by atoms with van der Waals surface area (Å²) in [4.78, 5) is 33.3. The molecule has 0 unspecified atom stereocenters. The summed E-state index contributed by atoms with van der Waals surface area (Å²) in [6, 6.07) is 15.4. The van der Waals surface area contributed by atoms with Crippen molar-refractivity contribution in [3.05, 3.63) is 88.0 Å². The molecular weight excluding hydrogens is 488 g/mol. The molecule has 1 amide bonds. The average molecular weight is 515 g/mol. The van der Waals surface area contributed by atoms with Gasteiger partial charge < -0.3 is 14.6 Å². The lowest BCUT2D eigenvalue weighted by Gasteiger charge is -2.25. The zero-order valence-corrected chi connectivity index (χ0v) is 22.0. The zero-order valence-electron chi connectivity index (χ0n) is 21.2. The number of anilines is 1. The van der Waals surface area contributed by atoms with Crippen LogP contribution in [0.1, 0.15) is 33.9 Å². The van der Waals surface area contributed by atoms with E-state index in [1.54, 1.807) is 30.3 Å². The molecule has 188 valence electrons. The van der Waals surface area contributed by atoms with Crippen molar-refractivity contribution in [3.63, 3.8) is 0 Å². The monoisotopic (exact) mass is 514 g/mol. The number of nitrogens with zero attached hydrogens (tertiary/aromatic N) is 2. The topological polar surface area (TPSA) is 89.0 Å². The molecule has 1 N–H and O–H groups in total. The van der Waals surface area contributed by atoms with Crippen LogP contribution in [0.3, 0.4) is 0 Å². The molecule has 1 aromatic heterocycles. The Morgan fingerprint density at radius 1 is 0.973 bits per heavy atom. The Balaban J connectivity index is 1.80. The zero-order chi connectivity index (χ0) is 26.4. The number of aromatic nitrogens is 1. The SMILES string of the molecule is COc1cccc([C@@H]2/C(=C(\O)c3ccc(C)cc3)C(=O)C(=O)N2c2nc3c(C)cc(C)cc3s2)c1OC. The Hall–Kier alpha value is -4.17. The van der Waals surface area contributed by atoms with Crippen LogP contribution in [0.5, 0.6) is 11.5 Å². The number of thiazole rings is 1. The van der Waals surface area contributed by atoms with Gasteiger partial charge in [0.2, 0.25) is 0 Å². The molecule has 0 spiro atoms. The van der Waals surface area contributed by atoms with E-state index >= 15 is 0 Å². The number of Topliss-reactive ketones (excluding diaryl/α,β-unsaturated/α-hetero) is 1. The third-order valence-electron chi connectivity index (χ3n) is 6.52. The number of benzene rings is 3. The number of methoxy groups -OCH3 is 2. The lowest BCUT2D eigenvalue weighted by atomic mass is 9.94. The average Bonchev–Trinajstić information content (AvgIpc) is 3.42. The molecule has 2 heterocycles. The molecule has 0 radical (unpaired) electrons. The molecule has 1 saturated heterocycles. The molecule has 1 aliphatic rings. The van der Waals surface area contributed by atoms with Crippen LogP contribution in [-0.4, -0.2) is 36.0 Å². The van der Waals surface area contributed by atoms with Crippen LogP contribution < -0.4 is 14.4 Å². The summed E-state index contributed by atoms with van der Waals surface area (Å²) in [6.07, 6.45) is 0. The number of ketones is 1. The highest BCUT2D eigenvalue weighted by molar-refractivity contribution is 7.22. The first-order valence-electron chi connectivity index (χ1n) is 11.7. The summed E-state index contributed by atoms with van der Waals surface area (Å²) in [5, 5.41) is 11.8. The maximum absolute atomic E-state index is 13.6. The summed E-state index contributed by atoms with van der Waals surface area (Å²) in [7, 11) is 3.01. The first-order valence-corrected chi connectivity index (χ1v) is 12.5. The number of hydrogen-bond acceptors (Lipinski definition) is 7. The van der Waals surface area contributed by atoms with Gasteiger partial charge in [-0.1, -0.05) is 59.4 Å². The fourth-order valence-electron chi connectivity index (χ4n) is 4.78. The Morgan fingerprint density at radius 2 is 1.70 bits per heavy atom. The fourth-order valence-corrected chi connectivity index (χ4v) is 5.95. The second-order valence-corrected chi connectivity index (χ2v) is 10.1. The van der Waals surface area contributed by atoms with Gasteiger partial charge in [-0.3, -0.25) is 14.5 Å². The van der Waals surface area contributed by atoms with Crippen molar-refractivity contribution >= 4 is 44.1 Å². The number of hydrogen-bond donors (Lipinski definition) is 1. The Bertz CT molecular complexity index is 1590. The first kappa shape index (κ1) is 24.5. The van der Waals surface area contributed by atoms with Gasteiger partial charge >= 0.3 is 5.91 Å². The van der Waals surface area contributed by atoms with Crippen molar-refractivity contribution in [2.45, 2.75) is 26.8 Å². The minimum atomic E-state index is -0.978. The predicted molar refractivity (Wildman–Crippen MR) is 145 cm³/mol. The van der Waals surface area contributed by atoms with Gasteiger partial charge in [0, 0.05) is 11.1 Å². The molecule has 7 nitrogen and oxygen atoms in total. The number of aryl methyl sites for hydroxylation is 3. The van der Waals surface area contributed by atoms with Crippen molar-refractivity contribution in [1.82, 2.24) is 4.98 Å². The Labute approximate surface area is 218 Å². The van der Waals surface area contributed by atoms with Crippen LogP contribution in [0.4, 0.5) is 5.13 Å². The van der Waals surface area contributed by atoms with E-state index in [0.717, 1.165) is 26.9 Å². The molecule has 0 saturated carbocycles. The molecule has 1 aliphatic heterocycles. The molecule has 5 rings (SSSR count). The molecule has 1 fully saturated rings. The summed E-state index contributed by atoms with van der Waals surface area (Å²) in [6.45, 7) is 5.90. The predicted octanol–water partition coefficient (Wildman–Crippen LogP) is 5.87. The van der Waals surface area contributed by atoms with E-state index in [9.17, 15) is 14.7 Å². The molecule has 8 heteroatoms. The fraction of sp³-hybridized carbons (Fsp3) is 0.207. The van der Waals surface area contributed by atoms with Gasteiger partial charge in [0.1, 0.15) is 11.8 Å². The largest absolute Gasteiger partial charge is 0.507 e. The van der Waals surface area contributed by atoms with E-state index in [1.165, 1.54) is 30.5 Å². The summed E-state index contributed by atoms with van der Waals surface area (Å²) in [5.41, 5.74) is 4.73. The molecule has 4 aromatic rings. The highest BCUT2D eigenvalue weighted by Crippen LogP contribution is 2.48. The van der Waals surface area contributed by atoms with Gasteiger partial charge in [-0.05, 0) is 44.0 Å². The van der Waals surface area contributed by atoms with E-state index in [0.29, 0.717) is 27.8 Å². The van der Waals surface area contributed by atoms with Crippen LogP contribution in [0.25, 0.3) is 16.0 Å². The molecule has 0 aliphatic carbocycles. The number of ether oxygens (including phenoxy) is 2. The number of fused-ring (bicyclic) bond motifs is 1. The van der Waals surface area contributed by atoms with Crippen LogP contribution in [0.2, 0.25) is 0 Å². The van der Waals surface area contributed by atoms with Crippen molar-refractivity contribution < 1.29 is 24.2 Å². The van der Waals surface area contributed by atoms with Crippen LogP contribution in [-0.2, 0) is 9.59 Å². The molecule has 3 aromatic carbocycles. The summed E-state index contributed by atoms with van der Waals surface area (Å²) < 4.78 is 12.1. The van der Waals surface area contributed by atoms with Crippen LogP contribution >= 0.6 is 11.3 Å². The summed E-state index contributed by atoms with van der Waals surface area (Å²) >= 11 is 1.33. The number of para-hydroxylation sites is 1. The molecular formula is C29H26N2O5S. The van der Waals surface area contributed by atoms with Crippen LogP contribution in [0, 0.1) is 20.8 Å². The quantitative estimate of drug-likeness (QED) is 0.204. The number of aliphatic hydroxyl groups is 1. The van der Waals surface area contributed by atoms with Gasteiger partial charge in [-0.2, -0.15) is 0 Å². The number of carbonyl (C=O) groups excluding carboxylic acids is 2. The van der Waals surface area contributed by atoms with Crippen molar-refractivity contribution in [2.75, 3.05) is 19.1 Å². The van der Waals surface area contributed by atoms with Crippen molar-refractivity contribution in [1.29, 1.82) is 0 Å². The molecule has 37 heavy (non-hydrogen) atoms. The normalized spacial score (nSPS) is 17.0. The molecule has 0 bridgehead atoms. The smallest absolute Gasteiger partial charge is 0.301 e. The Morgan fingerprint density at radius 3 is 2.38 bits per heavy atom. The van der Waals surface area contributed by atoms with Gasteiger partial charge in [0.25, 0.3) is 5.78 Å². The second kappa shape index (κ2) is 9.37. The van der Waals surface area contributed by atoms with Gasteiger partial charge in [0.05, 0.1) is 30.0 Å². The standard InChI is InChI=1S/C29H26N2O5S/c1-15-9-11-18(12-10-15)25(32)22-24(19-7-6-8-20(35-4)27(19)36-5)31(28(34)26(22)33)29-30-23-17(3)13-16(2)14-21(23)37-29/h6-14,24,32H,1-5H3/b25-22+/t24-/m1/s1. The van der Waals surface area contributed by atoms with Crippen molar-refractivity contribution in [3.8, 4) is 11.5 Å². The Kier molecular flexibility index (Phi) is 6.21. The third kappa shape index (κ3) is 4.03. The highest BCUT2D eigenvalue weighted by Gasteiger charge is 2.49. The lowest BCUT2D eigenvalue weighted by molar-refractivity contribution is -0.132. The van der Waals surface area contributed by atoms with E-state index in [1.807, 2.05) is 45.0 Å². The maximum atomic E-state index is 13.6. The number of carbonyl (C=O) groups is 2. The highest BCUT2D eigenvalue weighted by atomic mass is 32.1. The minimum absolute atomic E-state index is 0.0347. The van der Waals surface area contributed by atoms with Gasteiger partial charge in [-0.25, -0.2) is 4.98 Å². The second-order valence-electron chi connectivity index (χ2n) is 9.04. The van der Waals surface area contributed by atoms with Gasteiger partial charge in [0.15, 0.2) is 16.6 Å². The number of aliphatic hydroxyl groups excluding tert-OH is 1. The van der Waals surface area contributed by atoms with Crippen LogP contribution in [0.15, 0.2) is 60.2 Å². The van der Waals surface area contributed by atoms with E-state index < -0.39 is 17.7 Å². The van der Waals surface area contributed by atoms with E-state index in [2.05, 4.69) is 0 Å². The molecule has 1 atom stereocenters. The lowest BCUT2D eigenvalue weighted by Crippen LogP contribution is -2.29. The van der Waals surface area contributed by atoms with E-state index in [-0.39, 0.29) is 11.3 Å². The first-order chi connectivity index (χ1) is 17.7. The third-order valence-corrected chi connectivity index (χ3v) is 7.52. The summed E-state index contributed by atoms with van der Waals surface area (Å²) in [5.74, 6) is -1.01. The maximum Gasteiger partial charge on any atom is 0.301 e. The minimum Gasteiger partial charge on any atom is -0.507 e. The number of rotatable bonds is 5. The number of amides is 1. The van der Waals surface area contributed by atoms with Gasteiger partial charge in [-0.15, -0.1) is 0 Å².